The molecular formula is C10H14N2O. The number of hydrogen-bond acceptors (Lipinski definition) is 1. The summed E-state index contributed by atoms with van der Waals surface area (Å²) >= 11 is 0. The van der Waals surface area contributed by atoms with Crippen LogP contribution in [0.5, 0.6) is 0 Å². The molecule has 0 aliphatic carbocycles. The van der Waals surface area contributed by atoms with Crippen LogP contribution >= 0.6 is 0 Å². The number of para-hydroxylation sites is 1. The fraction of sp³-hybridized carbons (Fsp3) is 0.300. The van der Waals surface area contributed by atoms with Gasteiger partial charge in [-0.3, -0.25) is 0 Å². The number of benzene rings is 1. The topological polar surface area (TPSA) is 41.1 Å². The average Bonchev–Trinajstić information content (AvgIpc) is 2.16. The first-order valence-corrected chi connectivity index (χ1v) is 4.43. The Morgan fingerprint density at radius 2 is 2.00 bits per heavy atom. The van der Waals surface area contributed by atoms with Crippen molar-refractivity contribution in [2.75, 3.05) is 11.9 Å². The zero-order valence-electron chi connectivity index (χ0n) is 7.71. The van der Waals surface area contributed by atoms with E-state index in [-0.39, 0.29) is 6.03 Å². The first-order valence-electron chi connectivity index (χ1n) is 4.43. The third-order valence-corrected chi connectivity index (χ3v) is 1.57. The van der Waals surface area contributed by atoms with E-state index >= 15 is 0 Å². The molecule has 0 aliphatic rings. The molecule has 0 heterocycles. The minimum Gasteiger partial charge on any atom is -0.338 e. The highest BCUT2D eigenvalue weighted by molar-refractivity contribution is 5.89. The maximum Gasteiger partial charge on any atom is 0.319 e. The SMILES string of the molecule is CCCN[11C](=O)Nc1ccccc1. The Kier molecular flexibility index (Phi) is 3.82. The van der Waals surface area contributed by atoms with Crippen LogP contribution in [0.2, 0.25) is 0 Å². The second-order valence-electron chi connectivity index (χ2n) is 2.75. The molecule has 13 heavy (non-hydrogen) atoms. The highest BCUT2D eigenvalue weighted by Crippen LogP contribution is 2.03. The van der Waals surface area contributed by atoms with Crippen LogP contribution in [0.25, 0.3) is 0 Å². The lowest BCUT2D eigenvalue weighted by Gasteiger charge is -2.05. The number of hydrogen-bond donors (Lipinski definition) is 2. The van der Waals surface area contributed by atoms with Gasteiger partial charge in [0.15, 0.2) is 0 Å². The first kappa shape index (κ1) is 9.58. The molecule has 0 saturated heterocycles. The summed E-state index contributed by atoms with van der Waals surface area (Å²) in [5.41, 5.74) is 0.816. The quantitative estimate of drug-likeness (QED) is 0.730. The molecule has 0 bridgehead atoms. The summed E-state index contributed by atoms with van der Waals surface area (Å²) in [6.45, 7) is 2.72. The lowest BCUT2D eigenvalue weighted by molar-refractivity contribution is 0.252. The third-order valence-electron chi connectivity index (χ3n) is 1.57. The highest BCUT2D eigenvalue weighted by atomic mass is 16.1. The summed E-state index contributed by atoms with van der Waals surface area (Å²) in [7, 11) is 0. The van der Waals surface area contributed by atoms with Crippen molar-refractivity contribution in [2.24, 2.45) is 0 Å². The van der Waals surface area contributed by atoms with Crippen molar-refractivity contribution in [1.29, 1.82) is 0 Å². The molecular weight excluding hydrogens is 163 g/mol. The predicted molar refractivity (Wildman–Crippen MR) is 53.8 cm³/mol. The van der Waals surface area contributed by atoms with Gasteiger partial charge >= 0.3 is 6.03 Å². The number of carbonyl (C=O) groups is 1. The second-order valence-corrected chi connectivity index (χ2v) is 2.75. The molecule has 3 nitrogen and oxygen atoms in total. The van der Waals surface area contributed by atoms with Crippen LogP contribution in [0, 0.1) is 0 Å². The van der Waals surface area contributed by atoms with Crippen molar-refractivity contribution < 1.29 is 4.79 Å². The zero-order chi connectivity index (χ0) is 9.52. The largest absolute Gasteiger partial charge is 0.338 e. The maximum absolute atomic E-state index is 11.1. The van der Waals surface area contributed by atoms with Gasteiger partial charge in [0, 0.05) is 12.2 Å². The van der Waals surface area contributed by atoms with Gasteiger partial charge in [0.25, 0.3) is 0 Å². The number of carbonyl (C=O) groups excluding carboxylic acids is 1. The fourth-order valence-electron chi connectivity index (χ4n) is 0.935. The standard InChI is InChI=1S/C10H14N2O/c1-2-8-11-10(13)12-9-6-4-3-5-7-9/h3-7H,2,8H2,1H3,(H2,11,12,13)/i10-1. The van der Waals surface area contributed by atoms with Gasteiger partial charge in [0.05, 0.1) is 0 Å². The Morgan fingerprint density at radius 1 is 1.31 bits per heavy atom. The van der Waals surface area contributed by atoms with Crippen LogP contribution < -0.4 is 10.6 Å². The van der Waals surface area contributed by atoms with Crippen LogP contribution in [0.4, 0.5) is 10.5 Å². The van der Waals surface area contributed by atoms with Gasteiger partial charge in [-0.2, -0.15) is 0 Å². The van der Waals surface area contributed by atoms with Gasteiger partial charge in [0.2, 0.25) is 0 Å². The van der Waals surface area contributed by atoms with Gasteiger partial charge in [-0.25, -0.2) is 4.79 Å². The normalized spacial score (nSPS) is 9.31. The molecule has 2 amide bonds. The molecule has 0 aromatic heterocycles. The van der Waals surface area contributed by atoms with E-state index in [4.69, 9.17) is 0 Å². The lowest BCUT2D eigenvalue weighted by Crippen LogP contribution is -2.29. The van der Waals surface area contributed by atoms with Crippen molar-refractivity contribution in [3.63, 3.8) is 0 Å². The first-order chi connectivity index (χ1) is 6.33. The van der Waals surface area contributed by atoms with Crippen molar-refractivity contribution >= 4 is 11.7 Å². The number of urea groups is 1. The van der Waals surface area contributed by atoms with Gasteiger partial charge < -0.3 is 10.6 Å². The van der Waals surface area contributed by atoms with Crippen molar-refractivity contribution in [3.8, 4) is 0 Å². The Labute approximate surface area is 78.2 Å². The molecule has 0 radical (unpaired) electrons. The van der Waals surface area contributed by atoms with Crippen LogP contribution in [0.3, 0.4) is 0 Å². The Balaban J connectivity index is 2.37. The van der Waals surface area contributed by atoms with Crippen LogP contribution in [-0.4, -0.2) is 12.6 Å². The summed E-state index contributed by atoms with van der Waals surface area (Å²) in [6.07, 6.45) is 0.947. The van der Waals surface area contributed by atoms with E-state index in [1.54, 1.807) is 0 Å². The number of anilines is 1. The molecule has 0 atom stereocenters. The molecule has 1 aromatic carbocycles. The summed E-state index contributed by atoms with van der Waals surface area (Å²) in [4.78, 5) is 11.1. The molecule has 0 saturated carbocycles. The van der Waals surface area contributed by atoms with Gasteiger partial charge in [-0.15, -0.1) is 0 Å². The Bertz CT molecular complexity index is 259. The minimum atomic E-state index is -0.145. The van der Waals surface area contributed by atoms with Crippen molar-refractivity contribution in [1.82, 2.24) is 5.32 Å². The molecule has 0 fully saturated rings. The van der Waals surface area contributed by atoms with E-state index in [0.29, 0.717) is 6.54 Å². The molecule has 70 valence electrons. The average molecular weight is 177 g/mol. The summed E-state index contributed by atoms with van der Waals surface area (Å²) < 4.78 is 0. The Morgan fingerprint density at radius 3 is 2.62 bits per heavy atom. The van der Waals surface area contributed by atoms with Crippen molar-refractivity contribution in [2.45, 2.75) is 13.3 Å². The van der Waals surface area contributed by atoms with Crippen LogP contribution in [-0.2, 0) is 0 Å². The molecule has 1 aromatic rings. The summed E-state index contributed by atoms with van der Waals surface area (Å²) in [5.74, 6) is 0. The molecule has 0 spiro atoms. The fourth-order valence-corrected chi connectivity index (χ4v) is 0.935. The molecule has 0 aliphatic heterocycles. The van der Waals surface area contributed by atoms with E-state index < -0.39 is 0 Å². The second kappa shape index (κ2) is 5.19. The van der Waals surface area contributed by atoms with Crippen LogP contribution in [0.15, 0.2) is 30.3 Å². The van der Waals surface area contributed by atoms with E-state index in [0.717, 1.165) is 12.1 Å². The molecule has 1 rings (SSSR count). The molecule has 0 unspecified atom stereocenters. The number of nitrogens with one attached hydrogen (secondary N) is 2. The lowest BCUT2D eigenvalue weighted by atomic mass is 10.2. The number of amides is 2. The maximum atomic E-state index is 11.1. The van der Waals surface area contributed by atoms with Gasteiger partial charge in [-0.05, 0) is 18.6 Å². The van der Waals surface area contributed by atoms with E-state index in [1.165, 1.54) is 0 Å². The molecule has 3 heteroatoms. The van der Waals surface area contributed by atoms with Gasteiger partial charge in [0.1, 0.15) is 0 Å². The van der Waals surface area contributed by atoms with Crippen LogP contribution in [0.1, 0.15) is 13.3 Å². The van der Waals surface area contributed by atoms with Gasteiger partial charge in [-0.1, -0.05) is 25.1 Å². The smallest absolute Gasteiger partial charge is 0.319 e. The zero-order valence-corrected chi connectivity index (χ0v) is 7.71. The minimum absolute atomic E-state index is 0.145. The summed E-state index contributed by atoms with van der Waals surface area (Å²) in [6, 6.07) is 9.24. The highest BCUT2D eigenvalue weighted by Gasteiger charge is 1.97. The summed E-state index contributed by atoms with van der Waals surface area (Å²) in [5, 5.41) is 5.46. The van der Waals surface area contributed by atoms with E-state index in [1.807, 2.05) is 37.3 Å². The molecule has 2 N–H and O–H groups in total. The Hall–Kier alpha value is -1.51. The predicted octanol–water partition coefficient (Wildman–Crippen LogP) is 2.22. The number of rotatable bonds is 3. The van der Waals surface area contributed by atoms with E-state index in [9.17, 15) is 4.79 Å². The monoisotopic (exact) mass is 177 g/mol. The van der Waals surface area contributed by atoms with E-state index in [2.05, 4.69) is 10.6 Å². The van der Waals surface area contributed by atoms with Crippen molar-refractivity contribution in [3.05, 3.63) is 30.3 Å². The third kappa shape index (κ3) is 3.60.